The minimum atomic E-state index is -0.841. The number of carboxylic acids is 1. The fourth-order valence-electron chi connectivity index (χ4n) is 2.35. The van der Waals surface area contributed by atoms with Crippen LogP contribution in [0.4, 0.5) is 5.69 Å². The van der Waals surface area contributed by atoms with Gasteiger partial charge in [0.15, 0.2) is 6.61 Å². The molecule has 0 aromatic heterocycles. The van der Waals surface area contributed by atoms with Crippen LogP contribution in [0.2, 0.25) is 0 Å². The molecule has 25 heavy (non-hydrogen) atoms. The van der Waals surface area contributed by atoms with Crippen molar-refractivity contribution < 1.29 is 19.4 Å². The highest BCUT2D eigenvalue weighted by atomic mass is 16.5. The lowest BCUT2D eigenvalue weighted by Crippen LogP contribution is -2.20. The van der Waals surface area contributed by atoms with E-state index in [0.29, 0.717) is 23.8 Å². The first-order valence-corrected chi connectivity index (χ1v) is 8.27. The Balaban J connectivity index is 1.85. The molecule has 0 saturated heterocycles. The molecular weight excluding hydrogens is 318 g/mol. The Labute approximate surface area is 147 Å². The van der Waals surface area contributed by atoms with Gasteiger partial charge in [-0.1, -0.05) is 38.1 Å². The van der Waals surface area contributed by atoms with Crippen LogP contribution in [0.25, 0.3) is 0 Å². The molecule has 0 bridgehead atoms. The first-order chi connectivity index (χ1) is 11.9. The van der Waals surface area contributed by atoms with Gasteiger partial charge in [-0.3, -0.25) is 9.59 Å². The van der Waals surface area contributed by atoms with E-state index in [1.54, 1.807) is 18.2 Å². The Hall–Kier alpha value is -2.82. The summed E-state index contributed by atoms with van der Waals surface area (Å²) in [4.78, 5) is 22.6. The second-order valence-corrected chi connectivity index (χ2v) is 6.15. The van der Waals surface area contributed by atoms with Crippen molar-refractivity contribution in [3.63, 3.8) is 0 Å². The number of anilines is 1. The lowest BCUT2D eigenvalue weighted by molar-refractivity contribution is -0.137. The van der Waals surface area contributed by atoms with Gasteiger partial charge in [-0.15, -0.1) is 0 Å². The summed E-state index contributed by atoms with van der Waals surface area (Å²) < 4.78 is 5.49. The number of amides is 1. The van der Waals surface area contributed by atoms with E-state index < -0.39 is 5.97 Å². The number of aliphatic carboxylic acids is 1. The van der Waals surface area contributed by atoms with Crippen LogP contribution in [0.1, 0.15) is 37.3 Å². The highest BCUT2D eigenvalue weighted by Crippen LogP contribution is 2.18. The van der Waals surface area contributed by atoms with E-state index in [-0.39, 0.29) is 18.9 Å². The third-order valence-electron chi connectivity index (χ3n) is 3.75. The Morgan fingerprint density at radius 2 is 1.84 bits per heavy atom. The van der Waals surface area contributed by atoms with Crippen molar-refractivity contribution in [1.29, 1.82) is 0 Å². The predicted molar refractivity (Wildman–Crippen MR) is 97.1 cm³/mol. The van der Waals surface area contributed by atoms with Gasteiger partial charge >= 0.3 is 5.97 Å². The van der Waals surface area contributed by atoms with Crippen LogP contribution in [0.3, 0.4) is 0 Å². The lowest BCUT2D eigenvalue weighted by atomic mass is 10.0. The fourth-order valence-corrected chi connectivity index (χ4v) is 2.35. The molecule has 132 valence electrons. The van der Waals surface area contributed by atoms with Crippen LogP contribution in [0.5, 0.6) is 5.75 Å². The molecule has 0 fully saturated rings. The standard InChI is InChI=1S/C20H23NO4/c1-14(2)16-7-9-18(10-8-16)25-13-19(22)21-17-5-3-4-15(12-17)6-11-20(23)24/h3-5,7-10,12,14H,6,11,13H2,1-2H3,(H,21,22)(H,23,24). The summed E-state index contributed by atoms with van der Waals surface area (Å²) >= 11 is 0. The van der Waals surface area contributed by atoms with Crippen molar-refractivity contribution in [2.75, 3.05) is 11.9 Å². The van der Waals surface area contributed by atoms with Crippen molar-refractivity contribution in [2.45, 2.75) is 32.6 Å². The minimum Gasteiger partial charge on any atom is -0.484 e. The molecule has 0 radical (unpaired) electrons. The van der Waals surface area contributed by atoms with Crippen molar-refractivity contribution >= 4 is 17.6 Å². The summed E-state index contributed by atoms with van der Waals surface area (Å²) in [6, 6.07) is 14.9. The van der Waals surface area contributed by atoms with Crippen molar-refractivity contribution in [1.82, 2.24) is 0 Å². The Kier molecular flexibility index (Phi) is 6.57. The molecule has 2 N–H and O–H groups in total. The first kappa shape index (κ1) is 18.5. The number of carboxylic acid groups (broad SMARTS) is 1. The highest BCUT2D eigenvalue weighted by Gasteiger charge is 2.06. The number of carbonyl (C=O) groups is 2. The van der Waals surface area contributed by atoms with E-state index >= 15 is 0 Å². The molecule has 0 aliphatic carbocycles. The van der Waals surface area contributed by atoms with Gasteiger partial charge in [0.25, 0.3) is 5.91 Å². The summed E-state index contributed by atoms with van der Waals surface area (Å²) in [6.45, 7) is 4.15. The zero-order chi connectivity index (χ0) is 18.2. The molecule has 0 aliphatic heterocycles. The number of aryl methyl sites for hydroxylation is 1. The number of hydrogen-bond acceptors (Lipinski definition) is 3. The number of hydrogen-bond donors (Lipinski definition) is 2. The van der Waals surface area contributed by atoms with E-state index in [9.17, 15) is 9.59 Å². The van der Waals surface area contributed by atoms with Crippen LogP contribution in [0, 0.1) is 0 Å². The molecule has 0 unspecified atom stereocenters. The monoisotopic (exact) mass is 341 g/mol. The molecule has 0 heterocycles. The van der Waals surface area contributed by atoms with Gasteiger partial charge in [0, 0.05) is 12.1 Å². The molecule has 0 saturated carbocycles. The zero-order valence-corrected chi connectivity index (χ0v) is 14.5. The molecule has 5 nitrogen and oxygen atoms in total. The maximum Gasteiger partial charge on any atom is 0.303 e. The number of ether oxygens (including phenoxy) is 1. The van der Waals surface area contributed by atoms with Crippen molar-refractivity contribution in [3.8, 4) is 5.75 Å². The topological polar surface area (TPSA) is 75.6 Å². The number of benzene rings is 2. The van der Waals surface area contributed by atoms with Gasteiger partial charge in [0.1, 0.15) is 5.75 Å². The minimum absolute atomic E-state index is 0.0624. The highest BCUT2D eigenvalue weighted by molar-refractivity contribution is 5.91. The molecule has 0 atom stereocenters. The molecule has 0 spiro atoms. The smallest absolute Gasteiger partial charge is 0.303 e. The van der Waals surface area contributed by atoms with Gasteiger partial charge in [0.2, 0.25) is 0 Å². The van der Waals surface area contributed by atoms with E-state index in [1.165, 1.54) is 5.56 Å². The van der Waals surface area contributed by atoms with Crippen LogP contribution in [-0.2, 0) is 16.0 Å². The van der Waals surface area contributed by atoms with E-state index in [2.05, 4.69) is 19.2 Å². The Morgan fingerprint density at radius 1 is 1.12 bits per heavy atom. The van der Waals surface area contributed by atoms with Gasteiger partial charge in [-0.25, -0.2) is 0 Å². The van der Waals surface area contributed by atoms with Gasteiger partial charge in [-0.2, -0.15) is 0 Å². The van der Waals surface area contributed by atoms with Crippen LogP contribution in [-0.4, -0.2) is 23.6 Å². The quantitative estimate of drug-likeness (QED) is 0.765. The van der Waals surface area contributed by atoms with Crippen LogP contribution >= 0.6 is 0 Å². The van der Waals surface area contributed by atoms with E-state index in [0.717, 1.165) is 5.56 Å². The molecule has 0 aliphatic rings. The van der Waals surface area contributed by atoms with Crippen molar-refractivity contribution in [2.24, 2.45) is 0 Å². The largest absolute Gasteiger partial charge is 0.484 e. The second kappa shape index (κ2) is 8.87. The molecular formula is C20H23NO4. The van der Waals surface area contributed by atoms with E-state index in [4.69, 9.17) is 9.84 Å². The molecule has 5 heteroatoms. The summed E-state index contributed by atoms with van der Waals surface area (Å²) in [5.41, 5.74) is 2.71. The predicted octanol–water partition coefficient (Wildman–Crippen LogP) is 3.84. The van der Waals surface area contributed by atoms with Crippen LogP contribution in [0.15, 0.2) is 48.5 Å². The average molecular weight is 341 g/mol. The third kappa shape index (κ3) is 6.30. The molecule has 2 rings (SSSR count). The van der Waals surface area contributed by atoms with Crippen LogP contribution < -0.4 is 10.1 Å². The van der Waals surface area contributed by atoms with Gasteiger partial charge < -0.3 is 15.2 Å². The van der Waals surface area contributed by atoms with Gasteiger partial charge in [0.05, 0.1) is 0 Å². The first-order valence-electron chi connectivity index (χ1n) is 8.27. The maximum atomic E-state index is 12.0. The Bertz CT molecular complexity index is 723. The molecule has 2 aromatic carbocycles. The number of carbonyl (C=O) groups excluding carboxylic acids is 1. The van der Waals surface area contributed by atoms with Crippen molar-refractivity contribution in [3.05, 3.63) is 59.7 Å². The average Bonchev–Trinajstić information content (AvgIpc) is 2.59. The summed E-state index contributed by atoms with van der Waals surface area (Å²) in [5.74, 6) is -0.00449. The third-order valence-corrected chi connectivity index (χ3v) is 3.75. The summed E-state index contributed by atoms with van der Waals surface area (Å²) in [5, 5.41) is 11.5. The number of rotatable bonds is 8. The number of nitrogens with one attached hydrogen (secondary N) is 1. The van der Waals surface area contributed by atoms with Gasteiger partial charge in [-0.05, 0) is 47.7 Å². The molecule has 1 amide bonds. The summed E-state index contributed by atoms with van der Waals surface area (Å²) in [6.07, 6.45) is 0.491. The molecule has 2 aromatic rings. The normalized spacial score (nSPS) is 10.5. The maximum absolute atomic E-state index is 12.0. The second-order valence-electron chi connectivity index (χ2n) is 6.15. The fraction of sp³-hybridized carbons (Fsp3) is 0.300. The zero-order valence-electron chi connectivity index (χ0n) is 14.5. The lowest BCUT2D eigenvalue weighted by Gasteiger charge is -2.10. The van der Waals surface area contributed by atoms with E-state index in [1.807, 2.05) is 30.3 Å². The Morgan fingerprint density at radius 3 is 2.48 bits per heavy atom. The summed E-state index contributed by atoms with van der Waals surface area (Å²) in [7, 11) is 0. The SMILES string of the molecule is CC(C)c1ccc(OCC(=O)Nc2cccc(CCC(=O)O)c2)cc1.